The van der Waals surface area contributed by atoms with Crippen LogP contribution in [0.25, 0.3) is 10.8 Å². The molecule has 0 atom stereocenters. The van der Waals surface area contributed by atoms with E-state index in [1.54, 1.807) is 18.2 Å². The van der Waals surface area contributed by atoms with Gasteiger partial charge >= 0.3 is 29.6 Å². The van der Waals surface area contributed by atoms with Crippen molar-refractivity contribution in [3.05, 3.63) is 72.2 Å². The number of hydrogen-bond donors (Lipinski definition) is 0. The van der Waals surface area contributed by atoms with Gasteiger partial charge in [-0.1, -0.05) is 69.2 Å². The van der Waals surface area contributed by atoms with Crippen molar-refractivity contribution in [1.29, 1.82) is 0 Å². The van der Waals surface area contributed by atoms with Gasteiger partial charge in [-0.05, 0) is 55.1 Å². The summed E-state index contributed by atoms with van der Waals surface area (Å²) in [5.74, 6) is -0.234. The number of hydrogen-bond acceptors (Lipinski definition) is 8. The fourth-order valence-corrected chi connectivity index (χ4v) is 5.58. The van der Waals surface area contributed by atoms with Crippen LogP contribution in [-0.4, -0.2) is 65.1 Å². The molecular formula is C30H34N3NaO6S2. The first-order valence-corrected chi connectivity index (χ1v) is 15.8. The van der Waals surface area contributed by atoms with Gasteiger partial charge in [0.05, 0.1) is 15.8 Å². The van der Waals surface area contributed by atoms with Gasteiger partial charge in [-0.3, -0.25) is 19.4 Å². The number of amides is 2. The SMILES string of the molecule is CCCCN1C(=O)C(=C/C=C/C=C2\Oc3c(ccc4ccccc34)N2CCCS(=O)(=O)[O-])C(=O)N(CCCC)C1=S.[Na+]. The predicted octanol–water partition coefficient (Wildman–Crippen LogP) is 1.86. The zero-order valence-electron chi connectivity index (χ0n) is 24.2. The molecule has 1 fully saturated rings. The second-order valence-corrected chi connectivity index (χ2v) is 11.8. The summed E-state index contributed by atoms with van der Waals surface area (Å²) in [5, 5.41) is 2.14. The number of carbonyl (C=O) groups is 2. The first-order valence-electron chi connectivity index (χ1n) is 13.8. The Labute approximate surface area is 274 Å². The van der Waals surface area contributed by atoms with Gasteiger partial charge in [0.15, 0.2) is 10.9 Å². The van der Waals surface area contributed by atoms with Gasteiger partial charge in [-0.25, -0.2) is 8.42 Å². The average Bonchev–Trinajstić information content (AvgIpc) is 3.29. The molecular weight excluding hydrogens is 585 g/mol. The third-order valence-electron chi connectivity index (χ3n) is 6.89. The summed E-state index contributed by atoms with van der Waals surface area (Å²) in [5.41, 5.74) is 0.800. The second kappa shape index (κ2) is 15.3. The van der Waals surface area contributed by atoms with Crippen molar-refractivity contribution in [2.24, 2.45) is 0 Å². The fourth-order valence-electron chi connectivity index (χ4n) is 4.74. The first kappa shape index (κ1) is 34.0. The van der Waals surface area contributed by atoms with Crippen LogP contribution in [0.15, 0.2) is 72.2 Å². The molecule has 0 spiro atoms. The predicted molar refractivity (Wildman–Crippen MR) is 162 cm³/mol. The van der Waals surface area contributed by atoms with Gasteiger partial charge in [0.1, 0.15) is 5.57 Å². The molecule has 9 nitrogen and oxygen atoms in total. The quantitative estimate of drug-likeness (QED) is 0.117. The number of ether oxygens (including phenoxy) is 1. The maximum Gasteiger partial charge on any atom is 1.00 e. The molecule has 0 saturated carbocycles. The molecule has 12 heteroatoms. The largest absolute Gasteiger partial charge is 1.00 e. The number of anilines is 1. The van der Waals surface area contributed by atoms with E-state index in [1.165, 1.54) is 15.9 Å². The number of thiocarbonyl (C=S) groups is 1. The topological polar surface area (TPSA) is 110 Å². The molecule has 2 aromatic rings. The van der Waals surface area contributed by atoms with Gasteiger partial charge in [0.2, 0.25) is 5.88 Å². The van der Waals surface area contributed by atoms with E-state index >= 15 is 0 Å². The van der Waals surface area contributed by atoms with Gasteiger partial charge in [0, 0.05) is 30.8 Å². The minimum atomic E-state index is -4.35. The Hall–Kier alpha value is -2.54. The molecule has 42 heavy (non-hydrogen) atoms. The summed E-state index contributed by atoms with van der Waals surface area (Å²) < 4.78 is 39.8. The van der Waals surface area contributed by atoms with Gasteiger partial charge in [-0.2, -0.15) is 0 Å². The Morgan fingerprint density at radius 3 is 2.07 bits per heavy atom. The smallest absolute Gasteiger partial charge is 0.748 e. The zero-order chi connectivity index (χ0) is 29.6. The molecule has 218 valence electrons. The maximum absolute atomic E-state index is 13.2. The Kier molecular flexibility index (Phi) is 12.3. The molecule has 0 bridgehead atoms. The first-order chi connectivity index (χ1) is 19.7. The van der Waals surface area contributed by atoms with Crippen molar-refractivity contribution < 1.29 is 56.9 Å². The molecule has 0 radical (unpaired) electrons. The van der Waals surface area contributed by atoms with E-state index in [2.05, 4.69) is 0 Å². The molecule has 2 aromatic carbocycles. The van der Waals surface area contributed by atoms with Crippen molar-refractivity contribution in [1.82, 2.24) is 9.80 Å². The molecule has 0 aliphatic carbocycles. The number of allylic oxidation sites excluding steroid dienone is 4. The number of benzene rings is 2. The van der Waals surface area contributed by atoms with Crippen LogP contribution in [0.5, 0.6) is 5.75 Å². The maximum atomic E-state index is 13.2. The minimum absolute atomic E-state index is 0. The molecule has 2 aliphatic rings. The molecule has 2 aliphatic heterocycles. The monoisotopic (exact) mass is 619 g/mol. The summed E-state index contributed by atoms with van der Waals surface area (Å²) in [6.07, 6.45) is 9.88. The summed E-state index contributed by atoms with van der Waals surface area (Å²) in [6, 6.07) is 11.6. The van der Waals surface area contributed by atoms with Crippen LogP contribution in [0.1, 0.15) is 46.0 Å². The fraction of sp³-hybridized carbons (Fsp3) is 0.367. The summed E-state index contributed by atoms with van der Waals surface area (Å²) >= 11 is 5.51. The van der Waals surface area contributed by atoms with Crippen LogP contribution in [0.2, 0.25) is 0 Å². The van der Waals surface area contributed by atoms with E-state index in [9.17, 15) is 22.6 Å². The molecule has 1 saturated heterocycles. The Morgan fingerprint density at radius 1 is 0.857 bits per heavy atom. The number of fused-ring (bicyclic) bond motifs is 3. The Bertz CT molecular complexity index is 1500. The van der Waals surface area contributed by atoms with Crippen LogP contribution in [0, 0.1) is 0 Å². The standard InChI is InChI=1S/C30H35N3O6S2.Na/c1-3-5-18-32-28(34)24(29(35)33(30(32)40)19-6-4-2)14-9-10-15-26-31(20-11-21-41(36,37)38)25-17-16-22-12-7-8-13-23(22)27(25)39-26;/h7-10,12-17H,3-6,11,18-21H2,1-2H3,(H,36,37,38);/q;+1/p-1/b10-9+,26-15-;. The summed E-state index contributed by atoms with van der Waals surface area (Å²) in [7, 11) is -4.35. The number of carbonyl (C=O) groups excluding carboxylic acids is 2. The van der Waals surface area contributed by atoms with Gasteiger partial charge in [0.25, 0.3) is 11.8 Å². The average molecular weight is 620 g/mol. The van der Waals surface area contributed by atoms with E-state index in [0.29, 0.717) is 24.7 Å². The van der Waals surface area contributed by atoms with Crippen molar-refractivity contribution in [3.63, 3.8) is 0 Å². The van der Waals surface area contributed by atoms with Gasteiger partial charge in [-0.15, -0.1) is 0 Å². The molecule has 2 heterocycles. The van der Waals surface area contributed by atoms with Crippen LogP contribution in [-0.2, 0) is 19.7 Å². The van der Waals surface area contributed by atoms with Crippen molar-refractivity contribution in [2.75, 3.05) is 30.3 Å². The van der Waals surface area contributed by atoms with Crippen molar-refractivity contribution in [2.45, 2.75) is 46.0 Å². The molecule has 4 rings (SSSR count). The van der Waals surface area contributed by atoms with Crippen LogP contribution in [0.4, 0.5) is 5.69 Å². The van der Waals surface area contributed by atoms with Crippen LogP contribution >= 0.6 is 12.2 Å². The third kappa shape index (κ3) is 7.89. The number of rotatable bonds is 12. The normalized spacial score (nSPS) is 16.5. The van der Waals surface area contributed by atoms with Crippen LogP contribution < -0.4 is 39.2 Å². The molecule has 0 unspecified atom stereocenters. The third-order valence-corrected chi connectivity index (χ3v) is 8.12. The van der Waals surface area contributed by atoms with E-state index < -0.39 is 27.7 Å². The zero-order valence-corrected chi connectivity index (χ0v) is 27.9. The number of unbranched alkanes of at least 4 members (excludes halogenated alkanes) is 2. The minimum Gasteiger partial charge on any atom is -0.748 e. The molecule has 0 aromatic heterocycles. The van der Waals surface area contributed by atoms with Gasteiger partial charge < -0.3 is 14.2 Å². The molecule has 0 N–H and O–H groups in total. The Balaban J connectivity index is 0.00000484. The van der Waals surface area contributed by atoms with E-state index in [4.69, 9.17) is 17.0 Å². The van der Waals surface area contributed by atoms with E-state index in [0.717, 1.165) is 42.1 Å². The summed E-state index contributed by atoms with van der Waals surface area (Å²) in [4.78, 5) is 31.2. The van der Waals surface area contributed by atoms with Crippen molar-refractivity contribution >= 4 is 55.7 Å². The summed E-state index contributed by atoms with van der Waals surface area (Å²) in [6.45, 7) is 5.20. The Morgan fingerprint density at radius 2 is 1.45 bits per heavy atom. The second-order valence-electron chi connectivity index (χ2n) is 9.88. The van der Waals surface area contributed by atoms with Crippen molar-refractivity contribution in [3.8, 4) is 5.75 Å². The van der Waals surface area contributed by atoms with Crippen LogP contribution in [0.3, 0.4) is 0 Å². The van der Waals surface area contributed by atoms with E-state index in [1.807, 2.05) is 55.1 Å². The number of nitrogens with zero attached hydrogens (tertiary/aromatic N) is 3. The molecule has 2 amide bonds. The van der Waals surface area contributed by atoms with E-state index in [-0.39, 0.29) is 53.2 Å².